The maximum absolute atomic E-state index is 14.2. The number of halogens is 3. The molecule has 47 heavy (non-hydrogen) atoms. The molecule has 15 heteroatoms. The van der Waals surface area contributed by atoms with Crippen molar-refractivity contribution in [2.24, 2.45) is 0 Å². The molecule has 2 aromatic rings. The van der Waals surface area contributed by atoms with Crippen molar-refractivity contribution >= 4 is 23.8 Å². The number of hydrogen-bond acceptors (Lipinski definition) is 10. The van der Waals surface area contributed by atoms with Gasteiger partial charge in [0.1, 0.15) is 12.1 Å². The van der Waals surface area contributed by atoms with Crippen molar-refractivity contribution in [3.8, 4) is 0 Å². The predicted molar refractivity (Wildman–Crippen MR) is 165 cm³/mol. The van der Waals surface area contributed by atoms with Gasteiger partial charge in [0.25, 0.3) is 5.91 Å². The molecular weight excluding hydrogens is 639 g/mol. The van der Waals surface area contributed by atoms with Crippen LogP contribution in [-0.4, -0.2) is 108 Å². The molecule has 3 atom stereocenters. The Balaban J connectivity index is 1.30. The average Bonchev–Trinajstić information content (AvgIpc) is 3.23. The normalized spacial score (nSPS) is 22.6. The lowest BCUT2D eigenvalue weighted by molar-refractivity contribution is -0.204. The molecule has 0 aliphatic carbocycles. The first kappa shape index (κ1) is 33.2. The molecule has 2 aromatic carbocycles. The number of rotatable bonds is 8. The highest BCUT2D eigenvalue weighted by Gasteiger charge is 2.50. The number of hydrazine groups is 1. The van der Waals surface area contributed by atoms with Crippen LogP contribution in [0, 0.1) is 0 Å². The molecule has 2 N–H and O–H groups in total. The first-order chi connectivity index (χ1) is 22.6. The Bertz CT molecular complexity index is 1490. The number of benzene rings is 2. The fraction of sp³-hybridized carbons (Fsp3) is 0.438. The molecule has 0 spiro atoms. The SMILES string of the molecule is C[C@@H](N1CN([C@H]2c3ccccc3CSc3ccccc32)N2C=CC(O)C(OCOC(=O)NCCN3CCOCC3)=C2C1=O)C(F)(F)F. The van der Waals surface area contributed by atoms with Gasteiger partial charge in [0.15, 0.2) is 11.5 Å². The average molecular weight is 676 g/mol. The molecule has 0 aromatic heterocycles. The second kappa shape index (κ2) is 14.2. The van der Waals surface area contributed by atoms with Crippen LogP contribution in [0.4, 0.5) is 18.0 Å². The molecule has 1 unspecified atom stereocenters. The first-order valence-corrected chi connectivity index (χ1v) is 16.3. The Morgan fingerprint density at radius 2 is 1.85 bits per heavy atom. The van der Waals surface area contributed by atoms with E-state index in [-0.39, 0.29) is 11.5 Å². The quantitative estimate of drug-likeness (QED) is 0.402. The summed E-state index contributed by atoms with van der Waals surface area (Å²) in [5.41, 5.74) is 2.43. The Kier molecular flexibility index (Phi) is 9.98. The zero-order valence-electron chi connectivity index (χ0n) is 25.7. The van der Waals surface area contributed by atoms with E-state index in [1.165, 1.54) is 17.3 Å². The third kappa shape index (κ3) is 7.09. The molecule has 4 aliphatic rings. The minimum atomic E-state index is -4.73. The Hall–Kier alpha value is -3.76. The van der Waals surface area contributed by atoms with Gasteiger partial charge < -0.3 is 29.5 Å². The second-order valence-electron chi connectivity index (χ2n) is 11.4. The number of thioether (sulfide) groups is 1. The van der Waals surface area contributed by atoms with Crippen LogP contribution in [0.25, 0.3) is 0 Å². The molecule has 2 amide bonds. The lowest BCUT2D eigenvalue weighted by Crippen LogP contribution is -2.62. The summed E-state index contributed by atoms with van der Waals surface area (Å²) in [4.78, 5) is 30.1. The highest BCUT2D eigenvalue weighted by Crippen LogP contribution is 2.46. The van der Waals surface area contributed by atoms with E-state index in [2.05, 4.69) is 10.2 Å². The van der Waals surface area contributed by atoms with E-state index in [4.69, 9.17) is 14.2 Å². The summed E-state index contributed by atoms with van der Waals surface area (Å²) in [6, 6.07) is 12.6. The number of fused-ring (bicyclic) bond motifs is 3. The number of alkyl halides is 3. The number of nitrogens with zero attached hydrogens (tertiary/aromatic N) is 4. The number of ether oxygens (including phenoxy) is 3. The first-order valence-electron chi connectivity index (χ1n) is 15.3. The number of nitrogens with one attached hydrogen (secondary N) is 1. The number of alkyl carbamates (subject to hydrolysis) is 1. The number of amides is 2. The lowest BCUT2D eigenvalue weighted by atomic mass is 9.94. The van der Waals surface area contributed by atoms with Gasteiger partial charge in [-0.1, -0.05) is 42.5 Å². The fourth-order valence-corrected chi connectivity index (χ4v) is 7.10. The van der Waals surface area contributed by atoms with Crippen LogP contribution in [0.2, 0.25) is 0 Å². The van der Waals surface area contributed by atoms with Crippen molar-refractivity contribution in [2.75, 3.05) is 52.9 Å². The highest BCUT2D eigenvalue weighted by atomic mass is 32.2. The molecule has 2 saturated heterocycles. The van der Waals surface area contributed by atoms with E-state index in [0.29, 0.717) is 32.1 Å². The smallest absolute Gasteiger partial charge is 0.410 e. The van der Waals surface area contributed by atoms with Gasteiger partial charge in [0.05, 0.1) is 25.9 Å². The zero-order chi connectivity index (χ0) is 33.1. The van der Waals surface area contributed by atoms with Crippen LogP contribution in [-0.2, 0) is 24.8 Å². The molecule has 4 aliphatic heterocycles. The van der Waals surface area contributed by atoms with Crippen molar-refractivity contribution < 1.29 is 42.1 Å². The van der Waals surface area contributed by atoms with Crippen LogP contribution in [0.5, 0.6) is 0 Å². The Morgan fingerprint density at radius 3 is 2.62 bits per heavy atom. The molecule has 11 nitrogen and oxygen atoms in total. The molecule has 0 radical (unpaired) electrons. The van der Waals surface area contributed by atoms with Gasteiger partial charge in [-0.05, 0) is 35.8 Å². The van der Waals surface area contributed by atoms with Gasteiger partial charge >= 0.3 is 12.3 Å². The van der Waals surface area contributed by atoms with E-state index in [1.807, 2.05) is 48.5 Å². The summed E-state index contributed by atoms with van der Waals surface area (Å²) in [6.07, 6.45) is -4.16. The topological polar surface area (TPSA) is 107 Å². The van der Waals surface area contributed by atoms with Crippen molar-refractivity contribution in [1.82, 2.24) is 25.1 Å². The van der Waals surface area contributed by atoms with Crippen LogP contribution in [0.3, 0.4) is 0 Å². The fourth-order valence-electron chi connectivity index (χ4n) is 6.01. The lowest BCUT2D eigenvalue weighted by Gasteiger charge is -2.50. The summed E-state index contributed by atoms with van der Waals surface area (Å²) in [6.45, 7) is 3.50. The largest absolute Gasteiger partial charge is 0.456 e. The monoisotopic (exact) mass is 675 g/mol. The second-order valence-corrected chi connectivity index (χ2v) is 12.4. The van der Waals surface area contributed by atoms with E-state index >= 15 is 0 Å². The van der Waals surface area contributed by atoms with Crippen molar-refractivity contribution in [1.29, 1.82) is 0 Å². The number of carbonyl (C=O) groups excluding carboxylic acids is 2. The number of aliphatic hydroxyl groups is 1. The van der Waals surface area contributed by atoms with Crippen molar-refractivity contribution in [3.05, 3.63) is 89.0 Å². The van der Waals surface area contributed by atoms with Crippen LogP contribution in [0.15, 0.2) is 77.2 Å². The van der Waals surface area contributed by atoms with Crippen molar-refractivity contribution in [3.63, 3.8) is 0 Å². The van der Waals surface area contributed by atoms with Gasteiger partial charge in [-0.15, -0.1) is 11.8 Å². The number of morpholine rings is 1. The van der Waals surface area contributed by atoms with Gasteiger partial charge in [-0.25, -0.2) is 4.79 Å². The van der Waals surface area contributed by atoms with E-state index in [1.54, 1.807) is 16.8 Å². The summed E-state index contributed by atoms with van der Waals surface area (Å²) in [7, 11) is 0. The zero-order valence-corrected chi connectivity index (χ0v) is 26.5. The third-order valence-corrected chi connectivity index (χ3v) is 9.71. The van der Waals surface area contributed by atoms with Gasteiger partial charge in [-0.3, -0.25) is 14.7 Å². The maximum Gasteiger partial charge on any atom is 0.410 e. The number of carbonyl (C=O) groups is 2. The van der Waals surface area contributed by atoms with Gasteiger partial charge in [-0.2, -0.15) is 18.2 Å². The summed E-state index contributed by atoms with van der Waals surface area (Å²) >= 11 is 1.63. The van der Waals surface area contributed by atoms with Gasteiger partial charge in [0.2, 0.25) is 6.79 Å². The van der Waals surface area contributed by atoms with Gasteiger partial charge in [0, 0.05) is 43.0 Å². The molecule has 0 bridgehead atoms. The number of aliphatic hydroxyl groups excluding tert-OH is 1. The summed E-state index contributed by atoms with van der Waals surface area (Å²) in [5.74, 6) is -0.660. The van der Waals surface area contributed by atoms with Crippen molar-refractivity contribution in [2.45, 2.75) is 41.9 Å². The van der Waals surface area contributed by atoms with E-state index < -0.39 is 49.8 Å². The predicted octanol–water partition coefficient (Wildman–Crippen LogP) is 3.78. The van der Waals surface area contributed by atoms with Crippen LogP contribution in [0.1, 0.15) is 29.7 Å². The Labute approximate surface area is 274 Å². The highest BCUT2D eigenvalue weighted by molar-refractivity contribution is 7.98. The van der Waals surface area contributed by atoms with Crippen LogP contribution < -0.4 is 5.32 Å². The van der Waals surface area contributed by atoms with Crippen LogP contribution >= 0.6 is 11.8 Å². The minimum Gasteiger partial charge on any atom is -0.456 e. The molecule has 2 fully saturated rings. The molecular formula is C32H36F3N5O6S. The molecule has 0 saturated carbocycles. The molecule has 4 heterocycles. The minimum absolute atomic E-state index is 0.300. The molecule has 6 rings (SSSR count). The summed E-state index contributed by atoms with van der Waals surface area (Å²) in [5, 5.41) is 16.7. The third-order valence-electron chi connectivity index (χ3n) is 8.57. The van der Waals surface area contributed by atoms with E-state index in [9.17, 15) is 27.9 Å². The summed E-state index contributed by atoms with van der Waals surface area (Å²) < 4.78 is 58.8. The standard InChI is InChI=1S/C32H36F3N5O6S/c1-21(32(33,34)35)38-19-40(27-23-7-3-2-6-22(23)18-47-26-9-5-4-8-24(26)27)39-12-10-25(41)29(28(39)30(38)42)45-20-46-31(43)36-11-13-37-14-16-44-17-15-37/h2-10,12,21,25,27,41H,11,13-20H2,1H3,(H,36,43)/t21-,25?,27+/m1/s1. The maximum atomic E-state index is 14.2. The van der Waals surface area contributed by atoms with E-state index in [0.717, 1.165) is 46.5 Å². The Morgan fingerprint density at radius 1 is 1.13 bits per heavy atom. The molecule has 252 valence electrons. The number of hydrogen-bond donors (Lipinski definition) is 2.